The van der Waals surface area contributed by atoms with Crippen molar-refractivity contribution < 1.29 is 9.53 Å². The average molecular weight is 200 g/mol. The van der Waals surface area contributed by atoms with Crippen LogP contribution in [-0.4, -0.2) is 36.7 Å². The van der Waals surface area contributed by atoms with Crippen molar-refractivity contribution in [2.75, 3.05) is 20.1 Å². The van der Waals surface area contributed by atoms with Crippen molar-refractivity contribution in [2.45, 2.75) is 32.8 Å². The molecule has 1 aliphatic heterocycles. The fraction of sp³-hybridized carbons (Fsp3) is 0.900. The number of hydrogen-bond acceptors (Lipinski definition) is 4. The first-order valence-electron chi connectivity index (χ1n) is 5.07. The van der Waals surface area contributed by atoms with E-state index in [2.05, 4.69) is 5.43 Å². The third kappa shape index (κ3) is 3.27. The largest absolute Gasteiger partial charge is 0.460 e. The summed E-state index contributed by atoms with van der Waals surface area (Å²) >= 11 is 0. The van der Waals surface area contributed by atoms with Crippen LogP contribution in [0, 0.1) is 5.92 Å². The van der Waals surface area contributed by atoms with Crippen LogP contribution in [0.2, 0.25) is 0 Å². The highest BCUT2D eigenvalue weighted by Gasteiger charge is 2.31. The fourth-order valence-corrected chi connectivity index (χ4v) is 1.54. The van der Waals surface area contributed by atoms with Gasteiger partial charge in [0.2, 0.25) is 0 Å². The Bertz CT molecular complexity index is 211. The molecule has 14 heavy (non-hydrogen) atoms. The molecule has 0 radical (unpaired) electrons. The minimum Gasteiger partial charge on any atom is -0.460 e. The molecule has 0 spiro atoms. The Morgan fingerprint density at radius 3 is 2.57 bits per heavy atom. The summed E-state index contributed by atoms with van der Waals surface area (Å²) in [5.74, 6) is -0.0445. The topological polar surface area (TPSA) is 41.6 Å². The van der Waals surface area contributed by atoms with Crippen LogP contribution in [0.1, 0.15) is 27.2 Å². The molecule has 0 saturated carbocycles. The number of hydrazine groups is 1. The van der Waals surface area contributed by atoms with Crippen molar-refractivity contribution in [3.63, 3.8) is 0 Å². The maximum atomic E-state index is 11.6. The SMILES string of the molecule is CNN1CC[C@@H](C(=O)OC(C)(C)C)C1. The molecule has 0 aromatic carbocycles. The number of carbonyl (C=O) groups excluding carboxylic acids is 1. The second-order valence-electron chi connectivity index (χ2n) is 4.69. The van der Waals surface area contributed by atoms with E-state index in [4.69, 9.17) is 4.74 Å². The molecule has 0 aliphatic carbocycles. The summed E-state index contributed by atoms with van der Waals surface area (Å²) in [6.07, 6.45) is 0.885. The zero-order valence-corrected chi connectivity index (χ0v) is 9.46. The van der Waals surface area contributed by atoms with Crippen LogP contribution >= 0.6 is 0 Å². The molecular weight excluding hydrogens is 180 g/mol. The Labute approximate surface area is 85.6 Å². The zero-order valence-electron chi connectivity index (χ0n) is 9.46. The van der Waals surface area contributed by atoms with Crippen molar-refractivity contribution >= 4 is 5.97 Å². The molecule has 0 aromatic heterocycles. The summed E-state index contributed by atoms with van der Waals surface area (Å²) < 4.78 is 5.32. The Morgan fingerprint density at radius 1 is 1.50 bits per heavy atom. The molecule has 0 aromatic rings. The molecule has 1 aliphatic rings. The average Bonchev–Trinajstić information content (AvgIpc) is 2.48. The molecule has 1 fully saturated rings. The molecule has 0 amide bonds. The van der Waals surface area contributed by atoms with E-state index in [0.717, 1.165) is 19.5 Å². The highest BCUT2D eigenvalue weighted by atomic mass is 16.6. The Morgan fingerprint density at radius 2 is 2.14 bits per heavy atom. The zero-order chi connectivity index (χ0) is 10.8. The van der Waals surface area contributed by atoms with Crippen molar-refractivity contribution in [3.8, 4) is 0 Å². The van der Waals surface area contributed by atoms with Gasteiger partial charge in [0.25, 0.3) is 0 Å². The van der Waals surface area contributed by atoms with E-state index in [1.165, 1.54) is 0 Å². The van der Waals surface area contributed by atoms with E-state index < -0.39 is 0 Å². The molecule has 82 valence electrons. The van der Waals surface area contributed by atoms with Gasteiger partial charge in [-0.1, -0.05) is 0 Å². The van der Waals surface area contributed by atoms with Gasteiger partial charge in [0.15, 0.2) is 0 Å². The minimum absolute atomic E-state index is 0.0293. The minimum atomic E-state index is -0.371. The smallest absolute Gasteiger partial charge is 0.310 e. The lowest BCUT2D eigenvalue weighted by molar-refractivity contribution is -0.159. The van der Waals surface area contributed by atoms with Gasteiger partial charge >= 0.3 is 5.97 Å². The van der Waals surface area contributed by atoms with E-state index in [1.807, 2.05) is 32.8 Å². The highest BCUT2D eigenvalue weighted by Crippen LogP contribution is 2.19. The summed E-state index contributed by atoms with van der Waals surface area (Å²) in [6, 6.07) is 0. The van der Waals surface area contributed by atoms with Gasteiger partial charge in [-0.05, 0) is 34.2 Å². The van der Waals surface area contributed by atoms with Gasteiger partial charge in [0, 0.05) is 13.1 Å². The first kappa shape index (κ1) is 11.5. The predicted octanol–water partition coefficient (Wildman–Crippen LogP) is 0.784. The quantitative estimate of drug-likeness (QED) is 0.669. The monoisotopic (exact) mass is 200 g/mol. The van der Waals surface area contributed by atoms with Crippen LogP contribution in [0.25, 0.3) is 0 Å². The van der Waals surface area contributed by atoms with Crippen molar-refractivity contribution in [3.05, 3.63) is 0 Å². The third-order valence-electron chi connectivity index (χ3n) is 2.24. The van der Waals surface area contributed by atoms with Crippen LogP contribution in [0.3, 0.4) is 0 Å². The third-order valence-corrected chi connectivity index (χ3v) is 2.24. The fourth-order valence-electron chi connectivity index (χ4n) is 1.54. The van der Waals surface area contributed by atoms with Crippen LogP contribution in [-0.2, 0) is 9.53 Å². The molecule has 4 heteroatoms. The maximum Gasteiger partial charge on any atom is 0.310 e. The van der Waals surface area contributed by atoms with Crippen LogP contribution in [0.4, 0.5) is 0 Å². The normalized spacial score (nSPS) is 23.9. The molecule has 4 nitrogen and oxygen atoms in total. The summed E-state index contributed by atoms with van der Waals surface area (Å²) in [4.78, 5) is 11.6. The molecule has 1 rings (SSSR count). The van der Waals surface area contributed by atoms with E-state index in [-0.39, 0.29) is 17.5 Å². The van der Waals surface area contributed by atoms with Gasteiger partial charge in [-0.2, -0.15) is 0 Å². The molecule has 0 unspecified atom stereocenters. The Kier molecular flexibility index (Phi) is 3.50. The number of ether oxygens (including phenoxy) is 1. The maximum absolute atomic E-state index is 11.6. The molecule has 1 N–H and O–H groups in total. The standard InChI is InChI=1S/C10H20N2O2/c1-10(2,3)14-9(13)8-5-6-12(7-8)11-4/h8,11H,5-7H2,1-4H3/t8-/m1/s1. The molecular formula is C10H20N2O2. The lowest BCUT2D eigenvalue weighted by atomic mass is 10.1. The molecule has 1 heterocycles. The number of esters is 1. The summed E-state index contributed by atoms with van der Waals surface area (Å²) in [5.41, 5.74) is 2.67. The first-order chi connectivity index (χ1) is 6.42. The second-order valence-corrected chi connectivity index (χ2v) is 4.69. The molecule has 0 bridgehead atoms. The van der Waals surface area contributed by atoms with Crippen LogP contribution in [0.5, 0.6) is 0 Å². The van der Waals surface area contributed by atoms with Gasteiger partial charge in [-0.15, -0.1) is 0 Å². The van der Waals surface area contributed by atoms with Crippen molar-refractivity contribution in [1.29, 1.82) is 0 Å². The number of hydrogen-bond donors (Lipinski definition) is 1. The number of rotatable bonds is 2. The van der Waals surface area contributed by atoms with Gasteiger partial charge in [0.05, 0.1) is 5.92 Å². The van der Waals surface area contributed by atoms with Gasteiger partial charge in [-0.25, -0.2) is 5.01 Å². The van der Waals surface area contributed by atoms with E-state index in [9.17, 15) is 4.79 Å². The Hall–Kier alpha value is -0.610. The van der Waals surface area contributed by atoms with E-state index in [0.29, 0.717) is 0 Å². The van der Waals surface area contributed by atoms with Crippen molar-refractivity contribution in [2.24, 2.45) is 5.92 Å². The van der Waals surface area contributed by atoms with Gasteiger partial charge in [0.1, 0.15) is 5.60 Å². The van der Waals surface area contributed by atoms with Gasteiger partial charge in [-0.3, -0.25) is 10.2 Å². The number of nitrogens with zero attached hydrogens (tertiary/aromatic N) is 1. The summed E-state index contributed by atoms with van der Waals surface area (Å²) in [5, 5.41) is 2.04. The van der Waals surface area contributed by atoms with E-state index >= 15 is 0 Å². The van der Waals surface area contributed by atoms with E-state index in [1.54, 1.807) is 0 Å². The Balaban J connectivity index is 2.40. The first-order valence-corrected chi connectivity index (χ1v) is 5.07. The van der Waals surface area contributed by atoms with Crippen molar-refractivity contribution in [1.82, 2.24) is 10.4 Å². The predicted molar refractivity (Wildman–Crippen MR) is 54.6 cm³/mol. The number of carbonyl (C=O) groups is 1. The molecule has 1 atom stereocenters. The number of nitrogens with one attached hydrogen (secondary N) is 1. The lowest BCUT2D eigenvalue weighted by Gasteiger charge is -2.22. The summed E-state index contributed by atoms with van der Waals surface area (Å²) in [7, 11) is 1.87. The lowest BCUT2D eigenvalue weighted by Crippen LogP contribution is -2.35. The van der Waals surface area contributed by atoms with Crippen LogP contribution < -0.4 is 5.43 Å². The molecule has 1 saturated heterocycles. The highest BCUT2D eigenvalue weighted by molar-refractivity contribution is 5.73. The second kappa shape index (κ2) is 4.28. The summed E-state index contributed by atoms with van der Waals surface area (Å²) in [6.45, 7) is 7.37. The van der Waals surface area contributed by atoms with Crippen LogP contribution in [0.15, 0.2) is 0 Å². The van der Waals surface area contributed by atoms with Gasteiger partial charge < -0.3 is 4.74 Å².